The molecule has 9 heteroatoms. The van der Waals surface area contributed by atoms with Crippen molar-refractivity contribution in [1.29, 1.82) is 0 Å². The fraction of sp³-hybridized carbons (Fsp3) is 0.278. The first-order valence-electron chi connectivity index (χ1n) is 8.29. The van der Waals surface area contributed by atoms with Gasteiger partial charge in [-0.1, -0.05) is 18.2 Å². The standard InChI is InChI=1S/C18H18BrFN2O4S/c19-16-12-14(20)6-7-17(16)26-13-18(23)21-8-10-22(11-9-21)27(24,25)15-4-2-1-3-5-15/h1-7,12H,8-11,13H2. The highest BCUT2D eigenvalue weighted by atomic mass is 79.9. The van der Waals surface area contributed by atoms with Crippen molar-refractivity contribution in [2.45, 2.75) is 4.90 Å². The van der Waals surface area contributed by atoms with Crippen LogP contribution in [0, 0.1) is 5.82 Å². The second-order valence-corrected chi connectivity index (χ2v) is 8.75. The van der Waals surface area contributed by atoms with Crippen LogP contribution in [0.25, 0.3) is 0 Å². The number of carbonyl (C=O) groups is 1. The molecule has 0 unspecified atom stereocenters. The molecule has 144 valence electrons. The van der Waals surface area contributed by atoms with Crippen LogP contribution in [-0.4, -0.2) is 56.3 Å². The number of halogens is 2. The summed E-state index contributed by atoms with van der Waals surface area (Å²) in [6.45, 7) is 0.833. The summed E-state index contributed by atoms with van der Waals surface area (Å²) in [5.41, 5.74) is 0. The summed E-state index contributed by atoms with van der Waals surface area (Å²) in [7, 11) is -3.55. The normalized spacial score (nSPS) is 15.6. The average molecular weight is 457 g/mol. The molecule has 0 bridgehead atoms. The molecule has 1 saturated heterocycles. The molecule has 3 rings (SSSR count). The number of amides is 1. The lowest BCUT2D eigenvalue weighted by molar-refractivity contribution is -0.134. The van der Waals surface area contributed by atoms with Gasteiger partial charge in [0.25, 0.3) is 5.91 Å². The lowest BCUT2D eigenvalue weighted by Crippen LogP contribution is -2.51. The molecule has 2 aromatic rings. The lowest BCUT2D eigenvalue weighted by Gasteiger charge is -2.34. The third kappa shape index (κ3) is 4.66. The third-order valence-corrected chi connectivity index (χ3v) is 6.75. The highest BCUT2D eigenvalue weighted by molar-refractivity contribution is 9.10. The topological polar surface area (TPSA) is 66.9 Å². The van der Waals surface area contributed by atoms with Crippen LogP contribution in [0.1, 0.15) is 0 Å². The van der Waals surface area contributed by atoms with E-state index in [0.717, 1.165) is 0 Å². The summed E-state index contributed by atoms with van der Waals surface area (Å²) in [6, 6.07) is 12.2. The van der Waals surface area contributed by atoms with E-state index in [2.05, 4.69) is 15.9 Å². The van der Waals surface area contributed by atoms with Crippen LogP contribution in [0.4, 0.5) is 4.39 Å². The van der Waals surface area contributed by atoms with E-state index >= 15 is 0 Å². The molecule has 0 atom stereocenters. The summed E-state index contributed by atoms with van der Waals surface area (Å²) in [4.78, 5) is 14.1. The van der Waals surface area contributed by atoms with Crippen LogP contribution in [0.2, 0.25) is 0 Å². The SMILES string of the molecule is O=C(COc1ccc(F)cc1Br)N1CCN(S(=O)(=O)c2ccccc2)CC1. The molecule has 1 heterocycles. The molecule has 2 aromatic carbocycles. The zero-order valence-corrected chi connectivity index (χ0v) is 16.7. The first kappa shape index (κ1) is 19.8. The van der Waals surface area contributed by atoms with Gasteiger partial charge in [-0.3, -0.25) is 4.79 Å². The van der Waals surface area contributed by atoms with Gasteiger partial charge in [0.15, 0.2) is 6.61 Å². The number of piperazine rings is 1. The van der Waals surface area contributed by atoms with Crippen molar-refractivity contribution in [1.82, 2.24) is 9.21 Å². The van der Waals surface area contributed by atoms with Gasteiger partial charge in [-0.15, -0.1) is 0 Å². The molecule has 1 aliphatic heterocycles. The maximum absolute atomic E-state index is 13.1. The van der Waals surface area contributed by atoms with Crippen molar-refractivity contribution in [2.75, 3.05) is 32.8 Å². The zero-order chi connectivity index (χ0) is 19.4. The fourth-order valence-electron chi connectivity index (χ4n) is 2.74. The van der Waals surface area contributed by atoms with Crippen LogP contribution < -0.4 is 4.74 Å². The predicted molar refractivity (Wildman–Crippen MR) is 101 cm³/mol. The van der Waals surface area contributed by atoms with Crippen LogP contribution >= 0.6 is 15.9 Å². The van der Waals surface area contributed by atoms with Gasteiger partial charge >= 0.3 is 0 Å². The molecule has 0 spiro atoms. The maximum Gasteiger partial charge on any atom is 0.260 e. The number of benzene rings is 2. The van der Waals surface area contributed by atoms with Crippen molar-refractivity contribution < 1.29 is 22.3 Å². The van der Waals surface area contributed by atoms with E-state index in [0.29, 0.717) is 23.3 Å². The molecule has 1 fully saturated rings. The van der Waals surface area contributed by atoms with E-state index in [4.69, 9.17) is 4.74 Å². The van der Waals surface area contributed by atoms with Gasteiger partial charge in [-0.2, -0.15) is 4.31 Å². The monoisotopic (exact) mass is 456 g/mol. The van der Waals surface area contributed by atoms with Gasteiger partial charge in [-0.25, -0.2) is 12.8 Å². The van der Waals surface area contributed by atoms with Gasteiger partial charge in [0, 0.05) is 26.2 Å². The number of carbonyl (C=O) groups excluding carboxylic acids is 1. The highest BCUT2D eigenvalue weighted by Crippen LogP contribution is 2.25. The van der Waals surface area contributed by atoms with Gasteiger partial charge < -0.3 is 9.64 Å². The Balaban J connectivity index is 1.55. The van der Waals surface area contributed by atoms with E-state index < -0.39 is 15.8 Å². The minimum absolute atomic E-state index is 0.199. The number of hydrogen-bond donors (Lipinski definition) is 0. The Morgan fingerprint density at radius 1 is 1.07 bits per heavy atom. The fourth-order valence-corrected chi connectivity index (χ4v) is 4.65. The van der Waals surface area contributed by atoms with Crippen molar-refractivity contribution in [3.63, 3.8) is 0 Å². The summed E-state index contributed by atoms with van der Waals surface area (Å²) >= 11 is 3.18. The van der Waals surface area contributed by atoms with Gasteiger partial charge in [0.1, 0.15) is 11.6 Å². The molecule has 1 amide bonds. The van der Waals surface area contributed by atoms with Crippen molar-refractivity contribution in [3.8, 4) is 5.75 Å². The van der Waals surface area contributed by atoms with Crippen LogP contribution in [0.3, 0.4) is 0 Å². The summed E-state index contributed by atoms with van der Waals surface area (Å²) < 4.78 is 45.5. The first-order chi connectivity index (χ1) is 12.9. The Kier molecular flexibility index (Phi) is 6.13. The number of rotatable bonds is 5. The Morgan fingerprint density at radius 3 is 2.37 bits per heavy atom. The first-order valence-corrected chi connectivity index (χ1v) is 10.5. The average Bonchev–Trinajstić information content (AvgIpc) is 2.68. The smallest absolute Gasteiger partial charge is 0.260 e. The molecular formula is C18H18BrFN2O4S. The molecular weight excluding hydrogens is 439 g/mol. The van der Waals surface area contributed by atoms with Gasteiger partial charge in [-0.05, 0) is 46.3 Å². The largest absolute Gasteiger partial charge is 0.483 e. The third-order valence-electron chi connectivity index (χ3n) is 4.22. The minimum atomic E-state index is -3.55. The molecule has 27 heavy (non-hydrogen) atoms. The van der Waals surface area contributed by atoms with E-state index in [1.165, 1.54) is 22.5 Å². The van der Waals surface area contributed by atoms with Crippen molar-refractivity contribution in [3.05, 3.63) is 58.8 Å². The van der Waals surface area contributed by atoms with Gasteiger partial charge in [0.2, 0.25) is 10.0 Å². The number of sulfonamides is 1. The number of ether oxygens (including phenoxy) is 1. The van der Waals surface area contributed by atoms with E-state index in [1.807, 2.05) is 0 Å². The van der Waals surface area contributed by atoms with Crippen molar-refractivity contribution in [2.24, 2.45) is 0 Å². The zero-order valence-electron chi connectivity index (χ0n) is 14.3. The molecule has 0 saturated carbocycles. The molecule has 0 radical (unpaired) electrons. The lowest BCUT2D eigenvalue weighted by atomic mass is 10.3. The number of hydrogen-bond acceptors (Lipinski definition) is 4. The van der Waals surface area contributed by atoms with E-state index in [1.54, 1.807) is 35.2 Å². The van der Waals surface area contributed by atoms with Crippen LogP contribution in [-0.2, 0) is 14.8 Å². The van der Waals surface area contributed by atoms with Gasteiger partial charge in [0.05, 0.1) is 9.37 Å². The maximum atomic E-state index is 13.1. The summed E-state index contributed by atoms with van der Waals surface area (Å²) in [5, 5.41) is 0. The molecule has 0 N–H and O–H groups in total. The molecule has 1 aliphatic rings. The summed E-state index contributed by atoms with van der Waals surface area (Å²) in [6.07, 6.45) is 0. The van der Waals surface area contributed by atoms with E-state index in [9.17, 15) is 17.6 Å². The minimum Gasteiger partial charge on any atom is -0.483 e. The Hall–Kier alpha value is -1.97. The Bertz CT molecular complexity index is 916. The summed E-state index contributed by atoms with van der Waals surface area (Å²) in [5.74, 6) is -0.283. The van der Waals surface area contributed by atoms with E-state index in [-0.39, 0.29) is 30.5 Å². The quantitative estimate of drug-likeness (QED) is 0.692. The predicted octanol–water partition coefficient (Wildman–Crippen LogP) is 2.50. The molecule has 0 aromatic heterocycles. The molecule has 6 nitrogen and oxygen atoms in total. The Morgan fingerprint density at radius 2 is 1.74 bits per heavy atom. The Labute approximate surface area is 165 Å². The molecule has 0 aliphatic carbocycles. The van der Waals surface area contributed by atoms with Crippen LogP contribution in [0.5, 0.6) is 5.75 Å². The van der Waals surface area contributed by atoms with Crippen molar-refractivity contribution >= 4 is 31.9 Å². The number of nitrogens with zero attached hydrogens (tertiary/aromatic N) is 2. The second kappa shape index (κ2) is 8.37. The van der Waals surface area contributed by atoms with Crippen LogP contribution in [0.15, 0.2) is 57.9 Å². The second-order valence-electron chi connectivity index (χ2n) is 5.96. The highest BCUT2D eigenvalue weighted by Gasteiger charge is 2.30.